The van der Waals surface area contributed by atoms with Gasteiger partial charge in [-0.1, -0.05) is 43.0 Å². The number of carbonyl (C=O) groups excluding carboxylic acids is 1. The van der Waals surface area contributed by atoms with E-state index in [1.807, 2.05) is 43.3 Å². The fraction of sp³-hybridized carbons (Fsp3) is 0.261. The van der Waals surface area contributed by atoms with Crippen LogP contribution in [0.4, 0.5) is 0 Å². The molecule has 5 heteroatoms. The Labute approximate surface area is 166 Å². The maximum Gasteiger partial charge on any atom is 0.226 e. The molecule has 0 N–H and O–H groups in total. The van der Waals surface area contributed by atoms with Crippen molar-refractivity contribution in [1.82, 2.24) is 4.90 Å². The first-order chi connectivity index (χ1) is 13.5. The van der Waals surface area contributed by atoms with Gasteiger partial charge in [-0.2, -0.15) is 0 Å². The van der Waals surface area contributed by atoms with Crippen molar-refractivity contribution in [3.8, 4) is 0 Å². The number of fused-ring (bicyclic) bond motifs is 3. The number of Topliss-reactive ketones (excluding diaryl/α,β-unsaturated/α-hetero) is 1. The van der Waals surface area contributed by atoms with Crippen molar-refractivity contribution in [2.24, 2.45) is 9.98 Å². The Kier molecular flexibility index (Phi) is 5.73. The molecule has 2 aliphatic rings. The summed E-state index contributed by atoms with van der Waals surface area (Å²) in [7, 11) is 1.56. The first-order valence-corrected chi connectivity index (χ1v) is 9.44. The number of benzene rings is 1. The van der Waals surface area contributed by atoms with Crippen LogP contribution < -0.4 is 0 Å². The summed E-state index contributed by atoms with van der Waals surface area (Å²) in [5.74, 6) is 1.12. The van der Waals surface area contributed by atoms with Gasteiger partial charge in [0, 0.05) is 24.2 Å². The van der Waals surface area contributed by atoms with Crippen LogP contribution in [0.1, 0.15) is 36.7 Å². The van der Waals surface area contributed by atoms with E-state index in [0.29, 0.717) is 28.6 Å². The molecule has 0 bridgehead atoms. The molecule has 0 saturated carbocycles. The lowest BCUT2D eigenvalue weighted by molar-refractivity contribution is 0.103. The summed E-state index contributed by atoms with van der Waals surface area (Å²) in [5.41, 5.74) is 4.19. The summed E-state index contributed by atoms with van der Waals surface area (Å²) in [6, 6.07) is 7.57. The average molecular weight is 375 g/mol. The number of ketones is 1. The number of guanidine groups is 1. The minimum atomic E-state index is -0.0464. The number of carbonyl (C=O) groups is 1. The van der Waals surface area contributed by atoms with Crippen LogP contribution in [0.25, 0.3) is 0 Å². The van der Waals surface area contributed by atoms with E-state index in [1.165, 1.54) is 0 Å². The van der Waals surface area contributed by atoms with Crippen LogP contribution in [0.15, 0.2) is 81.7 Å². The van der Waals surface area contributed by atoms with Crippen LogP contribution >= 0.6 is 0 Å². The third kappa shape index (κ3) is 3.36. The number of aliphatic imine (C=N–C) groups is 2. The van der Waals surface area contributed by atoms with Gasteiger partial charge >= 0.3 is 0 Å². The number of rotatable bonds is 6. The van der Waals surface area contributed by atoms with E-state index < -0.39 is 0 Å². The third-order valence-electron chi connectivity index (χ3n) is 4.90. The van der Waals surface area contributed by atoms with Gasteiger partial charge in [0.2, 0.25) is 5.96 Å². The van der Waals surface area contributed by atoms with E-state index in [9.17, 15) is 4.79 Å². The minimum absolute atomic E-state index is 0.0464. The number of allylic oxidation sites excluding steroid dienone is 6. The van der Waals surface area contributed by atoms with Gasteiger partial charge in [0.25, 0.3) is 0 Å². The Morgan fingerprint density at radius 1 is 1.14 bits per heavy atom. The van der Waals surface area contributed by atoms with Gasteiger partial charge in [-0.05, 0) is 32.4 Å². The zero-order valence-corrected chi connectivity index (χ0v) is 16.8. The summed E-state index contributed by atoms with van der Waals surface area (Å²) >= 11 is 0. The number of hydrogen-bond acceptors (Lipinski definition) is 5. The van der Waals surface area contributed by atoms with Crippen LogP contribution in [-0.2, 0) is 4.74 Å². The SMILES string of the molecule is C=C(/C=C\C(=C/C)C1=C2N=C(N(CC)CC)N=C2c2ccccc2C1=O)OC. The van der Waals surface area contributed by atoms with Crippen molar-refractivity contribution in [3.63, 3.8) is 0 Å². The Hall–Kier alpha value is -3.21. The summed E-state index contributed by atoms with van der Waals surface area (Å²) < 4.78 is 5.11. The van der Waals surface area contributed by atoms with E-state index in [-0.39, 0.29) is 5.78 Å². The quantitative estimate of drug-likeness (QED) is 0.550. The number of ether oxygens (including phenoxy) is 1. The monoisotopic (exact) mass is 375 g/mol. The standard InChI is InChI=1S/C23H25N3O2/c1-6-16(14-13-15(4)28-5)19-21-20(24-23(25-21)26(7-2)8-3)17-11-9-10-12-18(17)22(19)27/h6,9-14H,4,7-8H2,1-3,5H3/b14-13-,16-6+. The number of hydrogen-bond donors (Lipinski definition) is 0. The third-order valence-corrected chi connectivity index (χ3v) is 4.90. The van der Waals surface area contributed by atoms with Crippen LogP contribution in [0, 0.1) is 0 Å². The largest absolute Gasteiger partial charge is 0.497 e. The fourth-order valence-corrected chi connectivity index (χ4v) is 3.31. The highest BCUT2D eigenvalue weighted by Crippen LogP contribution is 2.35. The molecule has 5 nitrogen and oxygen atoms in total. The molecule has 144 valence electrons. The zero-order chi connectivity index (χ0) is 20.3. The van der Waals surface area contributed by atoms with Gasteiger partial charge in [-0.15, -0.1) is 0 Å². The molecule has 0 radical (unpaired) electrons. The summed E-state index contributed by atoms with van der Waals surface area (Å²) in [6.07, 6.45) is 5.48. The second-order valence-corrected chi connectivity index (χ2v) is 6.39. The van der Waals surface area contributed by atoms with Gasteiger partial charge in [0.15, 0.2) is 5.78 Å². The number of methoxy groups -OCH3 is 1. The first-order valence-electron chi connectivity index (χ1n) is 9.44. The molecule has 1 aliphatic heterocycles. The van der Waals surface area contributed by atoms with Crippen LogP contribution in [0.5, 0.6) is 0 Å². The minimum Gasteiger partial charge on any atom is -0.497 e. The van der Waals surface area contributed by atoms with Gasteiger partial charge in [-0.3, -0.25) is 4.79 Å². The normalized spacial score (nSPS) is 16.0. The van der Waals surface area contributed by atoms with Crippen molar-refractivity contribution in [3.05, 3.63) is 82.8 Å². The molecule has 1 aromatic rings. The van der Waals surface area contributed by atoms with Crippen LogP contribution in [0.2, 0.25) is 0 Å². The van der Waals surface area contributed by atoms with Crippen molar-refractivity contribution in [2.45, 2.75) is 20.8 Å². The molecule has 3 rings (SSSR count). The fourth-order valence-electron chi connectivity index (χ4n) is 3.31. The molecule has 0 amide bonds. The predicted molar refractivity (Wildman–Crippen MR) is 114 cm³/mol. The topological polar surface area (TPSA) is 54.3 Å². The van der Waals surface area contributed by atoms with E-state index in [2.05, 4.69) is 25.3 Å². The van der Waals surface area contributed by atoms with Crippen molar-refractivity contribution < 1.29 is 9.53 Å². The van der Waals surface area contributed by atoms with E-state index in [1.54, 1.807) is 13.2 Å². The Balaban J connectivity index is 2.20. The maximum absolute atomic E-state index is 13.4. The molecule has 0 fully saturated rings. The molecule has 1 aromatic carbocycles. The smallest absolute Gasteiger partial charge is 0.226 e. The Bertz CT molecular complexity index is 973. The number of nitrogens with zero attached hydrogens (tertiary/aromatic N) is 3. The average Bonchev–Trinajstić information content (AvgIpc) is 3.16. The second-order valence-electron chi connectivity index (χ2n) is 6.39. The van der Waals surface area contributed by atoms with Crippen molar-refractivity contribution in [1.29, 1.82) is 0 Å². The van der Waals surface area contributed by atoms with Crippen molar-refractivity contribution >= 4 is 17.5 Å². The highest BCUT2D eigenvalue weighted by molar-refractivity contribution is 6.33. The van der Waals surface area contributed by atoms with Gasteiger partial charge in [-0.25, -0.2) is 9.98 Å². The van der Waals surface area contributed by atoms with E-state index >= 15 is 0 Å². The molecular weight excluding hydrogens is 350 g/mol. The summed E-state index contributed by atoms with van der Waals surface area (Å²) in [5, 5.41) is 0. The highest BCUT2D eigenvalue weighted by Gasteiger charge is 2.35. The zero-order valence-electron chi connectivity index (χ0n) is 16.8. The van der Waals surface area contributed by atoms with E-state index in [4.69, 9.17) is 14.7 Å². The Morgan fingerprint density at radius 3 is 2.43 bits per heavy atom. The van der Waals surface area contributed by atoms with E-state index in [0.717, 1.165) is 29.9 Å². The van der Waals surface area contributed by atoms with Crippen LogP contribution in [0.3, 0.4) is 0 Å². The Morgan fingerprint density at radius 2 is 1.82 bits per heavy atom. The summed E-state index contributed by atoms with van der Waals surface area (Å²) in [6.45, 7) is 11.4. The second kappa shape index (κ2) is 8.21. The molecule has 0 aromatic heterocycles. The molecule has 0 spiro atoms. The predicted octanol–water partition coefficient (Wildman–Crippen LogP) is 4.30. The van der Waals surface area contributed by atoms with Crippen LogP contribution in [-0.4, -0.2) is 42.6 Å². The lowest BCUT2D eigenvalue weighted by Crippen LogP contribution is -2.28. The summed E-state index contributed by atoms with van der Waals surface area (Å²) in [4.78, 5) is 25.0. The van der Waals surface area contributed by atoms with Gasteiger partial charge in [0.1, 0.15) is 17.2 Å². The first kappa shape index (κ1) is 19.5. The molecule has 0 unspecified atom stereocenters. The van der Waals surface area contributed by atoms with Gasteiger partial charge < -0.3 is 9.64 Å². The lowest BCUT2D eigenvalue weighted by Gasteiger charge is -2.19. The lowest BCUT2D eigenvalue weighted by atomic mass is 9.83. The highest BCUT2D eigenvalue weighted by atomic mass is 16.5. The molecule has 1 heterocycles. The molecule has 0 atom stereocenters. The van der Waals surface area contributed by atoms with Gasteiger partial charge in [0.05, 0.1) is 12.7 Å². The molecular formula is C23H25N3O2. The molecule has 0 saturated heterocycles. The molecule has 28 heavy (non-hydrogen) atoms. The maximum atomic E-state index is 13.4. The molecule has 1 aliphatic carbocycles. The van der Waals surface area contributed by atoms with Crippen molar-refractivity contribution in [2.75, 3.05) is 20.2 Å².